The van der Waals surface area contributed by atoms with E-state index < -0.39 is 35.9 Å². The van der Waals surface area contributed by atoms with Crippen molar-refractivity contribution in [3.8, 4) is 5.75 Å². The van der Waals surface area contributed by atoms with Gasteiger partial charge in [0.05, 0.1) is 13.7 Å². The van der Waals surface area contributed by atoms with Crippen LogP contribution in [-0.2, 0) is 30.2 Å². The molecule has 0 aromatic heterocycles. The maximum absolute atomic E-state index is 13.0. The lowest BCUT2D eigenvalue weighted by atomic mass is 10.0. The Morgan fingerprint density at radius 1 is 1.19 bits per heavy atom. The summed E-state index contributed by atoms with van der Waals surface area (Å²) < 4.78 is 15.0. The average molecular weight is 443 g/mol. The first-order chi connectivity index (χ1) is 15.3. The van der Waals surface area contributed by atoms with Crippen molar-refractivity contribution >= 4 is 32.2 Å². The first kappa shape index (κ1) is 25.2. The molecule has 3 rings (SSSR count). The van der Waals surface area contributed by atoms with Gasteiger partial charge in [0, 0.05) is 6.42 Å². The van der Waals surface area contributed by atoms with Gasteiger partial charge in [0.15, 0.2) is 6.40 Å². The van der Waals surface area contributed by atoms with Crippen molar-refractivity contribution in [2.45, 2.75) is 57.7 Å². The predicted molar refractivity (Wildman–Crippen MR) is 119 cm³/mol. The van der Waals surface area contributed by atoms with E-state index in [-0.39, 0.29) is 12.3 Å². The van der Waals surface area contributed by atoms with Gasteiger partial charge in [-0.2, -0.15) is 0 Å². The molecule has 2 radical (unpaired) electrons. The van der Waals surface area contributed by atoms with Crippen LogP contribution in [0, 0.1) is 5.92 Å². The number of hydrogen-bond acceptors (Lipinski definition) is 7. The predicted octanol–water partition coefficient (Wildman–Crippen LogP) is 1.09. The van der Waals surface area contributed by atoms with Gasteiger partial charge in [-0.15, -0.1) is 0 Å². The monoisotopic (exact) mass is 443 g/mol. The maximum Gasteiger partial charge on any atom is 0.375 e. The molecule has 3 atom stereocenters. The number of carbonyl (C=O) groups excluding carboxylic acids is 3. The zero-order chi connectivity index (χ0) is 23.5. The van der Waals surface area contributed by atoms with E-state index >= 15 is 0 Å². The highest BCUT2D eigenvalue weighted by Crippen LogP contribution is 2.16. The Balaban J connectivity index is 2.32. The molecule has 2 heterocycles. The first-order valence-electron chi connectivity index (χ1n) is 10.6. The fourth-order valence-electron chi connectivity index (χ4n) is 3.34. The molecule has 0 fully saturated rings. The molecule has 32 heavy (non-hydrogen) atoms. The fourth-order valence-corrected chi connectivity index (χ4v) is 3.34. The topological polar surface area (TPSA) is 115 Å². The van der Waals surface area contributed by atoms with Gasteiger partial charge in [0.25, 0.3) is 0 Å². The lowest BCUT2D eigenvalue weighted by Crippen LogP contribution is -2.55. The SMILES string of the molecule is [B]OC=N[C@H]1Cc2ccc(cc2)OCCCC[C@@H](C(=O)OC)NC(=O)[C@H](C(C)C)NC1=O. The summed E-state index contributed by atoms with van der Waals surface area (Å²) in [4.78, 5) is 42.2. The number of methoxy groups -OCH3 is 1. The highest BCUT2D eigenvalue weighted by atomic mass is 16.5. The minimum Gasteiger partial charge on any atom is -0.560 e. The van der Waals surface area contributed by atoms with Gasteiger partial charge in [0.1, 0.15) is 23.9 Å². The Hall–Kier alpha value is -3.04. The third-order valence-electron chi connectivity index (χ3n) is 5.16. The van der Waals surface area contributed by atoms with Gasteiger partial charge in [-0.05, 0) is 42.9 Å². The third kappa shape index (κ3) is 7.58. The number of hydrogen-bond donors (Lipinski definition) is 2. The van der Waals surface area contributed by atoms with E-state index in [4.69, 9.17) is 17.5 Å². The molecule has 0 unspecified atom stereocenters. The van der Waals surface area contributed by atoms with Crippen molar-refractivity contribution in [1.82, 2.24) is 10.6 Å². The Morgan fingerprint density at radius 3 is 2.53 bits per heavy atom. The van der Waals surface area contributed by atoms with Gasteiger partial charge in [-0.1, -0.05) is 26.0 Å². The second kappa shape index (κ2) is 12.7. The van der Waals surface area contributed by atoms with E-state index in [9.17, 15) is 14.4 Å². The number of nitrogens with zero attached hydrogens (tertiary/aromatic N) is 1. The Morgan fingerprint density at radius 2 is 1.91 bits per heavy atom. The third-order valence-corrected chi connectivity index (χ3v) is 5.16. The molecule has 0 aliphatic carbocycles. The summed E-state index contributed by atoms with van der Waals surface area (Å²) in [5, 5.41) is 5.46. The van der Waals surface area contributed by atoms with Gasteiger partial charge in [0.2, 0.25) is 11.8 Å². The first-order valence-corrected chi connectivity index (χ1v) is 10.6. The summed E-state index contributed by atoms with van der Waals surface area (Å²) in [6.07, 6.45) is 2.99. The van der Waals surface area contributed by atoms with Crippen LogP contribution in [0.2, 0.25) is 0 Å². The molecule has 1 aromatic rings. The number of fused-ring (bicyclic) bond motifs is 14. The summed E-state index contributed by atoms with van der Waals surface area (Å²) >= 11 is 0. The van der Waals surface area contributed by atoms with Gasteiger partial charge in [-0.3, -0.25) is 9.59 Å². The molecule has 9 nitrogen and oxygen atoms in total. The number of nitrogens with one attached hydrogen (secondary N) is 2. The summed E-state index contributed by atoms with van der Waals surface area (Å²) in [5.41, 5.74) is 0.854. The van der Waals surface area contributed by atoms with E-state index in [1.807, 2.05) is 24.3 Å². The fraction of sp³-hybridized carbons (Fsp3) is 0.545. The maximum atomic E-state index is 13.0. The summed E-state index contributed by atoms with van der Waals surface area (Å²) in [7, 11) is 6.30. The standard InChI is InChI=1S/C22H30BN3O6/c1-14(2)19-21(28)25-17(22(29)30-3)6-4-5-11-31-16-9-7-15(8-10-16)12-18(20(27)26-19)24-13-32-23/h7-10,13-14,17-19H,4-6,11-12H2,1-3H3,(H,25,28)(H,26,27)/t17-,18-,19-/m0/s1. The van der Waals surface area contributed by atoms with Crippen molar-refractivity contribution < 1.29 is 28.5 Å². The molecule has 2 amide bonds. The van der Waals surface area contributed by atoms with Crippen molar-refractivity contribution in [3.05, 3.63) is 29.8 Å². The van der Waals surface area contributed by atoms with E-state index in [0.29, 0.717) is 31.6 Å². The number of rotatable bonds is 4. The van der Waals surface area contributed by atoms with Crippen LogP contribution in [0.5, 0.6) is 5.75 Å². The van der Waals surface area contributed by atoms with E-state index in [1.54, 1.807) is 13.8 Å². The van der Waals surface area contributed by atoms with Gasteiger partial charge in [-0.25, -0.2) is 9.79 Å². The van der Waals surface area contributed by atoms with Crippen LogP contribution in [0.4, 0.5) is 0 Å². The highest BCUT2D eigenvalue weighted by molar-refractivity contribution is 6.02. The number of amides is 2. The van der Waals surface area contributed by atoms with Crippen LogP contribution in [0.15, 0.2) is 29.3 Å². The van der Waals surface area contributed by atoms with Gasteiger partial charge < -0.3 is 24.8 Å². The molecule has 0 saturated carbocycles. The number of aliphatic imine (C=N–C) groups is 1. The zero-order valence-electron chi connectivity index (χ0n) is 18.7. The molecule has 2 aliphatic rings. The molecular formula is C22H30BN3O6. The molecule has 2 bridgehead atoms. The molecule has 0 saturated heterocycles. The van der Waals surface area contributed by atoms with E-state index in [1.165, 1.54) is 7.11 Å². The molecule has 10 heteroatoms. The van der Waals surface area contributed by atoms with Crippen LogP contribution in [0.25, 0.3) is 0 Å². The second-order valence-electron chi connectivity index (χ2n) is 7.91. The van der Waals surface area contributed by atoms with Crippen molar-refractivity contribution in [2.75, 3.05) is 13.7 Å². The van der Waals surface area contributed by atoms with Crippen molar-refractivity contribution in [2.24, 2.45) is 10.9 Å². The quantitative estimate of drug-likeness (QED) is 0.312. The minimum atomic E-state index is -0.869. The van der Waals surface area contributed by atoms with Crippen LogP contribution in [0.3, 0.4) is 0 Å². The van der Waals surface area contributed by atoms with Crippen LogP contribution >= 0.6 is 0 Å². The van der Waals surface area contributed by atoms with Crippen molar-refractivity contribution in [3.63, 3.8) is 0 Å². The lowest BCUT2D eigenvalue weighted by Gasteiger charge is -2.25. The molecule has 0 spiro atoms. The Labute approximate surface area is 189 Å². The summed E-state index contributed by atoms with van der Waals surface area (Å²) in [6.45, 7) is 4.08. The van der Waals surface area contributed by atoms with Gasteiger partial charge >= 0.3 is 14.0 Å². The van der Waals surface area contributed by atoms with Crippen LogP contribution in [0.1, 0.15) is 38.7 Å². The second-order valence-corrected chi connectivity index (χ2v) is 7.91. The largest absolute Gasteiger partial charge is 0.560 e. The zero-order valence-corrected chi connectivity index (χ0v) is 18.7. The summed E-state index contributed by atoms with van der Waals surface area (Å²) in [6, 6.07) is 4.80. The Bertz CT molecular complexity index is 799. The smallest absolute Gasteiger partial charge is 0.375 e. The summed E-state index contributed by atoms with van der Waals surface area (Å²) in [5.74, 6) is -1.01. The van der Waals surface area contributed by atoms with E-state index in [0.717, 1.165) is 12.0 Å². The average Bonchev–Trinajstić information content (AvgIpc) is 2.78. The number of esters is 1. The highest BCUT2D eigenvalue weighted by Gasteiger charge is 2.31. The van der Waals surface area contributed by atoms with E-state index in [2.05, 4.69) is 20.3 Å². The number of carbonyl (C=O) groups is 3. The minimum absolute atomic E-state index is 0.234. The lowest BCUT2D eigenvalue weighted by molar-refractivity contribution is -0.145. The number of benzene rings is 1. The Kier molecular flexibility index (Phi) is 10.0. The molecule has 2 N–H and O–H groups in total. The molecule has 172 valence electrons. The molecular weight excluding hydrogens is 413 g/mol. The van der Waals surface area contributed by atoms with Crippen LogP contribution < -0.4 is 15.4 Å². The molecule has 2 aliphatic heterocycles. The van der Waals surface area contributed by atoms with Crippen LogP contribution in [-0.4, -0.2) is 64.1 Å². The normalized spacial score (nSPS) is 23.2. The number of ether oxygens (including phenoxy) is 2. The van der Waals surface area contributed by atoms with Crippen molar-refractivity contribution in [1.29, 1.82) is 0 Å². The molecule has 1 aromatic carbocycles.